The number of hydrogen-bond acceptors (Lipinski definition) is 4. The van der Waals surface area contributed by atoms with E-state index < -0.39 is 10.7 Å². The number of aromatic nitrogens is 1. The molecule has 0 amide bonds. The van der Waals surface area contributed by atoms with Crippen LogP contribution in [0.25, 0.3) is 11.3 Å². The molecule has 1 heterocycles. The molecule has 92 valence electrons. The molecule has 0 saturated carbocycles. The second kappa shape index (κ2) is 4.69. The first kappa shape index (κ1) is 12.4. The summed E-state index contributed by atoms with van der Waals surface area (Å²) >= 11 is 3.13. The molecule has 0 aliphatic carbocycles. The van der Waals surface area contributed by atoms with Crippen molar-refractivity contribution < 1.29 is 9.31 Å². The van der Waals surface area contributed by atoms with Gasteiger partial charge >= 0.3 is 5.69 Å². The van der Waals surface area contributed by atoms with Gasteiger partial charge in [0.2, 0.25) is 5.82 Å². The molecule has 0 radical (unpaired) electrons. The third-order valence-corrected chi connectivity index (χ3v) is 2.91. The van der Waals surface area contributed by atoms with Crippen molar-refractivity contribution in [1.29, 1.82) is 0 Å². The molecule has 0 aliphatic heterocycles. The Balaban J connectivity index is 2.64. The van der Waals surface area contributed by atoms with Crippen LogP contribution in [0.5, 0.6) is 0 Å². The molecular formula is C11H7BrFN3O2. The van der Waals surface area contributed by atoms with Gasteiger partial charge in [-0.15, -0.1) is 0 Å². The fraction of sp³-hybridized carbons (Fsp3) is 0. The summed E-state index contributed by atoms with van der Waals surface area (Å²) in [6, 6.07) is 7.20. The zero-order valence-corrected chi connectivity index (χ0v) is 10.5. The Hall–Kier alpha value is -2.02. The predicted octanol–water partition coefficient (Wildman–Crippen LogP) is 3.14. The number of nitrogens with two attached hydrogens (primary N) is 1. The molecule has 0 fully saturated rings. The number of hydrogen-bond donors (Lipinski definition) is 1. The number of rotatable bonds is 2. The maximum absolute atomic E-state index is 13.6. The number of benzene rings is 1. The number of nitrogens with zero attached hydrogens (tertiary/aromatic N) is 2. The van der Waals surface area contributed by atoms with Crippen LogP contribution in [-0.2, 0) is 0 Å². The van der Waals surface area contributed by atoms with Gasteiger partial charge in [-0.1, -0.05) is 12.1 Å². The second-order valence-corrected chi connectivity index (χ2v) is 4.31. The summed E-state index contributed by atoms with van der Waals surface area (Å²) in [5, 5.41) is 10.7. The average molecular weight is 312 g/mol. The van der Waals surface area contributed by atoms with Crippen molar-refractivity contribution in [1.82, 2.24) is 4.98 Å². The summed E-state index contributed by atoms with van der Waals surface area (Å²) in [7, 11) is 0. The summed E-state index contributed by atoms with van der Waals surface area (Å²) in [5.74, 6) is -0.722. The predicted molar refractivity (Wildman–Crippen MR) is 68.4 cm³/mol. The number of nitro groups is 1. The highest BCUT2D eigenvalue weighted by molar-refractivity contribution is 9.10. The molecule has 1 aromatic heterocycles. The monoisotopic (exact) mass is 311 g/mol. The minimum absolute atomic E-state index is 0.228. The normalized spacial score (nSPS) is 10.3. The molecule has 7 heteroatoms. The summed E-state index contributed by atoms with van der Waals surface area (Å²) in [6.45, 7) is 0. The lowest BCUT2D eigenvalue weighted by molar-refractivity contribution is -0.384. The lowest BCUT2D eigenvalue weighted by atomic mass is 10.1. The Kier molecular flexibility index (Phi) is 3.24. The quantitative estimate of drug-likeness (QED) is 0.682. The van der Waals surface area contributed by atoms with E-state index in [2.05, 4.69) is 20.9 Å². The van der Waals surface area contributed by atoms with E-state index in [0.717, 1.165) is 0 Å². The third-order valence-electron chi connectivity index (χ3n) is 2.31. The maximum Gasteiger partial charge on any atom is 0.312 e. The fourth-order valence-corrected chi connectivity index (χ4v) is 2.00. The third kappa shape index (κ3) is 2.17. The number of nitrogen functional groups attached to an aromatic ring is 1. The average Bonchev–Trinajstić information content (AvgIpc) is 2.32. The molecule has 18 heavy (non-hydrogen) atoms. The minimum atomic E-state index is -0.641. The van der Waals surface area contributed by atoms with Gasteiger partial charge in [0.15, 0.2) is 0 Å². The van der Waals surface area contributed by atoms with Gasteiger partial charge in [-0.05, 0) is 28.1 Å². The van der Waals surface area contributed by atoms with Gasteiger partial charge in [0.1, 0.15) is 5.82 Å². The van der Waals surface area contributed by atoms with Crippen LogP contribution in [0.3, 0.4) is 0 Å². The summed E-state index contributed by atoms with van der Waals surface area (Å²) in [5.41, 5.74) is 5.63. The fourth-order valence-electron chi connectivity index (χ4n) is 1.48. The smallest absolute Gasteiger partial charge is 0.312 e. The van der Waals surface area contributed by atoms with Crippen molar-refractivity contribution in [2.75, 3.05) is 5.73 Å². The molecule has 2 aromatic rings. The van der Waals surface area contributed by atoms with Crippen LogP contribution in [0.15, 0.2) is 34.8 Å². The number of pyridine rings is 1. The minimum Gasteiger partial charge on any atom is -0.378 e. The molecule has 0 unspecified atom stereocenters. The molecule has 2 N–H and O–H groups in total. The Bertz CT molecular complexity index is 634. The topological polar surface area (TPSA) is 82.0 Å². The van der Waals surface area contributed by atoms with E-state index >= 15 is 0 Å². The van der Waals surface area contributed by atoms with E-state index in [-0.39, 0.29) is 22.8 Å². The first-order chi connectivity index (χ1) is 8.50. The van der Waals surface area contributed by atoms with Crippen molar-refractivity contribution in [3.63, 3.8) is 0 Å². The Morgan fingerprint density at radius 3 is 2.67 bits per heavy atom. The number of halogens is 2. The van der Waals surface area contributed by atoms with E-state index in [0.29, 0.717) is 4.47 Å². The summed E-state index contributed by atoms with van der Waals surface area (Å²) < 4.78 is 13.9. The van der Waals surface area contributed by atoms with Crippen LogP contribution in [0.1, 0.15) is 0 Å². The zero-order chi connectivity index (χ0) is 13.3. The number of anilines is 1. The van der Waals surface area contributed by atoms with Crippen LogP contribution in [0, 0.1) is 15.9 Å². The standard InChI is InChI=1S/C11H7BrFN3O2/c12-7-5-9(16(17)18)11(14)15-10(7)6-3-1-2-4-8(6)13/h1-5H,(H2,14,15). The van der Waals surface area contributed by atoms with E-state index in [4.69, 9.17) is 5.73 Å². The highest BCUT2D eigenvalue weighted by Gasteiger charge is 2.19. The maximum atomic E-state index is 13.6. The van der Waals surface area contributed by atoms with Crippen molar-refractivity contribution in [3.05, 3.63) is 50.7 Å². The van der Waals surface area contributed by atoms with Gasteiger partial charge in [-0.25, -0.2) is 9.37 Å². The largest absolute Gasteiger partial charge is 0.378 e. The van der Waals surface area contributed by atoms with Gasteiger partial charge in [-0.3, -0.25) is 10.1 Å². The highest BCUT2D eigenvalue weighted by Crippen LogP contribution is 2.33. The van der Waals surface area contributed by atoms with Crippen molar-refractivity contribution in [2.24, 2.45) is 0 Å². The van der Waals surface area contributed by atoms with Crippen molar-refractivity contribution in [2.45, 2.75) is 0 Å². The molecule has 0 bridgehead atoms. The molecular weight excluding hydrogens is 305 g/mol. The Morgan fingerprint density at radius 2 is 2.06 bits per heavy atom. The SMILES string of the molecule is Nc1nc(-c2ccccc2F)c(Br)cc1[N+](=O)[O-]. The van der Waals surface area contributed by atoms with Crippen LogP contribution < -0.4 is 5.73 Å². The zero-order valence-electron chi connectivity index (χ0n) is 8.93. The van der Waals surface area contributed by atoms with Crippen molar-refractivity contribution in [3.8, 4) is 11.3 Å². The first-order valence-corrected chi connectivity index (χ1v) is 5.65. The molecule has 0 aliphatic rings. The van der Waals surface area contributed by atoms with Crippen LogP contribution in [0.2, 0.25) is 0 Å². The molecule has 0 saturated heterocycles. The molecule has 5 nitrogen and oxygen atoms in total. The molecule has 0 atom stereocenters. The van der Waals surface area contributed by atoms with Gasteiger partial charge in [0, 0.05) is 11.6 Å². The van der Waals surface area contributed by atoms with E-state index in [1.165, 1.54) is 18.2 Å². The Morgan fingerprint density at radius 1 is 1.39 bits per heavy atom. The highest BCUT2D eigenvalue weighted by atomic mass is 79.9. The lowest BCUT2D eigenvalue weighted by Crippen LogP contribution is -2.01. The van der Waals surface area contributed by atoms with Crippen molar-refractivity contribution >= 4 is 27.4 Å². The van der Waals surface area contributed by atoms with Gasteiger partial charge in [0.25, 0.3) is 0 Å². The molecule has 1 aromatic carbocycles. The van der Waals surface area contributed by atoms with E-state index in [9.17, 15) is 14.5 Å². The van der Waals surface area contributed by atoms with Gasteiger partial charge < -0.3 is 5.73 Å². The van der Waals surface area contributed by atoms with Crippen LogP contribution >= 0.6 is 15.9 Å². The Labute approximate surface area is 110 Å². The summed E-state index contributed by atoms with van der Waals surface area (Å²) in [6.07, 6.45) is 0. The van der Waals surface area contributed by atoms with E-state index in [1.807, 2.05) is 0 Å². The molecule has 2 rings (SSSR count). The van der Waals surface area contributed by atoms with Crippen LogP contribution in [-0.4, -0.2) is 9.91 Å². The lowest BCUT2D eigenvalue weighted by Gasteiger charge is -2.06. The van der Waals surface area contributed by atoms with Gasteiger partial charge in [0.05, 0.1) is 15.1 Å². The van der Waals surface area contributed by atoms with E-state index in [1.54, 1.807) is 12.1 Å². The van der Waals surface area contributed by atoms with Gasteiger partial charge in [-0.2, -0.15) is 0 Å². The summed E-state index contributed by atoms with van der Waals surface area (Å²) in [4.78, 5) is 13.9. The molecule has 0 spiro atoms. The first-order valence-electron chi connectivity index (χ1n) is 4.86. The van der Waals surface area contributed by atoms with Crippen LogP contribution in [0.4, 0.5) is 15.9 Å². The second-order valence-electron chi connectivity index (χ2n) is 3.46.